The molecule has 1 aromatic heterocycles. The average Bonchev–Trinajstić information content (AvgIpc) is 2.47. The van der Waals surface area contributed by atoms with E-state index in [9.17, 15) is 4.79 Å². The molecule has 0 aliphatic heterocycles. The van der Waals surface area contributed by atoms with Crippen LogP contribution in [0.1, 0.15) is 0 Å². The lowest BCUT2D eigenvalue weighted by atomic mass is 10.3. The zero-order valence-electron chi connectivity index (χ0n) is 11.4. The summed E-state index contributed by atoms with van der Waals surface area (Å²) >= 11 is 0. The number of rotatable bonds is 5. The predicted molar refractivity (Wildman–Crippen MR) is 74.9 cm³/mol. The van der Waals surface area contributed by atoms with Crippen LogP contribution in [0.5, 0.6) is 17.4 Å². The SMILES string of the molecule is CN(C)C(=O)COc1ccc(Oc2ccccn2)cc1. The monoisotopic (exact) mass is 272 g/mol. The zero-order chi connectivity index (χ0) is 14.4. The summed E-state index contributed by atoms with van der Waals surface area (Å²) in [7, 11) is 3.38. The van der Waals surface area contributed by atoms with Gasteiger partial charge in [-0.3, -0.25) is 4.79 Å². The molecule has 0 spiro atoms. The summed E-state index contributed by atoms with van der Waals surface area (Å²) in [5.41, 5.74) is 0. The van der Waals surface area contributed by atoms with Gasteiger partial charge in [-0.15, -0.1) is 0 Å². The Labute approximate surface area is 117 Å². The first kappa shape index (κ1) is 13.9. The average molecular weight is 272 g/mol. The molecule has 0 atom stereocenters. The maximum atomic E-state index is 11.4. The maximum Gasteiger partial charge on any atom is 0.259 e. The van der Waals surface area contributed by atoms with Crippen LogP contribution in [0.15, 0.2) is 48.7 Å². The van der Waals surface area contributed by atoms with Crippen molar-refractivity contribution in [3.05, 3.63) is 48.7 Å². The van der Waals surface area contributed by atoms with Gasteiger partial charge < -0.3 is 14.4 Å². The molecule has 20 heavy (non-hydrogen) atoms. The van der Waals surface area contributed by atoms with Gasteiger partial charge in [0.25, 0.3) is 5.91 Å². The number of carbonyl (C=O) groups is 1. The largest absolute Gasteiger partial charge is 0.484 e. The molecule has 0 aliphatic carbocycles. The van der Waals surface area contributed by atoms with E-state index in [4.69, 9.17) is 9.47 Å². The van der Waals surface area contributed by atoms with E-state index in [0.717, 1.165) is 0 Å². The van der Waals surface area contributed by atoms with E-state index >= 15 is 0 Å². The van der Waals surface area contributed by atoms with Crippen LogP contribution in [0.4, 0.5) is 0 Å². The summed E-state index contributed by atoms with van der Waals surface area (Å²) in [6.45, 7) is 0.0213. The first-order chi connectivity index (χ1) is 9.65. The minimum Gasteiger partial charge on any atom is -0.484 e. The van der Waals surface area contributed by atoms with E-state index in [1.807, 2.05) is 12.1 Å². The fourth-order valence-corrected chi connectivity index (χ4v) is 1.41. The van der Waals surface area contributed by atoms with Crippen molar-refractivity contribution in [3.8, 4) is 17.4 Å². The molecule has 0 aliphatic rings. The van der Waals surface area contributed by atoms with Crippen molar-refractivity contribution in [2.75, 3.05) is 20.7 Å². The molecule has 2 aromatic rings. The lowest BCUT2D eigenvalue weighted by Gasteiger charge is -2.11. The number of likely N-dealkylation sites (N-methyl/N-ethyl adjacent to an activating group) is 1. The number of pyridine rings is 1. The van der Waals surface area contributed by atoms with E-state index in [1.165, 1.54) is 4.90 Å². The van der Waals surface area contributed by atoms with E-state index in [-0.39, 0.29) is 12.5 Å². The Kier molecular flexibility index (Phi) is 4.55. The summed E-state index contributed by atoms with van der Waals surface area (Å²) in [6.07, 6.45) is 1.67. The molecule has 0 bridgehead atoms. The molecule has 0 N–H and O–H groups in total. The van der Waals surface area contributed by atoms with Crippen LogP contribution >= 0.6 is 0 Å². The van der Waals surface area contributed by atoms with Gasteiger partial charge in [0.15, 0.2) is 6.61 Å². The molecule has 0 saturated carbocycles. The van der Waals surface area contributed by atoms with Gasteiger partial charge in [0.05, 0.1) is 0 Å². The molecule has 2 rings (SSSR count). The summed E-state index contributed by atoms with van der Waals surface area (Å²) in [6, 6.07) is 12.5. The fourth-order valence-electron chi connectivity index (χ4n) is 1.41. The predicted octanol–water partition coefficient (Wildman–Crippen LogP) is 2.34. The van der Waals surface area contributed by atoms with Crippen molar-refractivity contribution < 1.29 is 14.3 Å². The fraction of sp³-hybridized carbons (Fsp3) is 0.200. The van der Waals surface area contributed by atoms with Gasteiger partial charge in [0.1, 0.15) is 11.5 Å². The number of benzene rings is 1. The van der Waals surface area contributed by atoms with Crippen molar-refractivity contribution in [1.82, 2.24) is 9.88 Å². The van der Waals surface area contributed by atoms with E-state index < -0.39 is 0 Å². The Hall–Kier alpha value is -2.56. The summed E-state index contributed by atoms with van der Waals surface area (Å²) in [4.78, 5) is 16.9. The minimum atomic E-state index is -0.0844. The first-order valence-electron chi connectivity index (χ1n) is 6.17. The molecule has 5 heteroatoms. The Morgan fingerprint density at radius 1 is 1.10 bits per heavy atom. The van der Waals surface area contributed by atoms with Crippen LogP contribution in [0.3, 0.4) is 0 Å². The van der Waals surface area contributed by atoms with Crippen molar-refractivity contribution in [3.63, 3.8) is 0 Å². The second kappa shape index (κ2) is 6.56. The highest BCUT2D eigenvalue weighted by Gasteiger charge is 2.05. The van der Waals surface area contributed by atoms with Gasteiger partial charge >= 0.3 is 0 Å². The molecule has 1 heterocycles. The smallest absolute Gasteiger partial charge is 0.259 e. The van der Waals surface area contributed by atoms with Gasteiger partial charge in [0, 0.05) is 26.4 Å². The van der Waals surface area contributed by atoms with Gasteiger partial charge in [-0.25, -0.2) is 4.98 Å². The summed E-state index contributed by atoms with van der Waals surface area (Å²) < 4.78 is 10.9. The number of hydrogen-bond acceptors (Lipinski definition) is 4. The molecule has 1 aromatic carbocycles. The van der Waals surface area contributed by atoms with Gasteiger partial charge in [-0.05, 0) is 30.3 Å². The second-order valence-corrected chi connectivity index (χ2v) is 4.32. The normalized spacial score (nSPS) is 9.90. The highest BCUT2D eigenvalue weighted by Crippen LogP contribution is 2.22. The topological polar surface area (TPSA) is 51.7 Å². The van der Waals surface area contributed by atoms with Crippen molar-refractivity contribution in [2.45, 2.75) is 0 Å². The standard InChI is InChI=1S/C15H16N2O3/c1-17(2)15(18)11-19-12-6-8-13(9-7-12)20-14-5-3-4-10-16-14/h3-10H,11H2,1-2H3. The number of nitrogens with zero attached hydrogens (tertiary/aromatic N) is 2. The van der Waals surface area contributed by atoms with E-state index in [1.54, 1.807) is 50.6 Å². The molecular weight excluding hydrogens is 256 g/mol. The van der Waals surface area contributed by atoms with Crippen LogP contribution in [0.25, 0.3) is 0 Å². The van der Waals surface area contributed by atoms with Crippen LogP contribution in [-0.2, 0) is 4.79 Å². The third-order valence-electron chi connectivity index (χ3n) is 2.55. The maximum absolute atomic E-state index is 11.4. The Morgan fingerprint density at radius 2 is 1.80 bits per heavy atom. The Morgan fingerprint density at radius 3 is 2.40 bits per heavy atom. The highest BCUT2D eigenvalue weighted by molar-refractivity contribution is 5.77. The highest BCUT2D eigenvalue weighted by atomic mass is 16.5. The summed E-state index contributed by atoms with van der Waals surface area (Å²) in [5.74, 6) is 1.73. The van der Waals surface area contributed by atoms with Crippen LogP contribution < -0.4 is 9.47 Å². The second-order valence-electron chi connectivity index (χ2n) is 4.32. The number of hydrogen-bond donors (Lipinski definition) is 0. The lowest BCUT2D eigenvalue weighted by Crippen LogP contribution is -2.27. The molecule has 0 fully saturated rings. The molecule has 5 nitrogen and oxygen atoms in total. The van der Waals surface area contributed by atoms with Crippen molar-refractivity contribution in [1.29, 1.82) is 0 Å². The first-order valence-corrected chi connectivity index (χ1v) is 6.17. The molecule has 0 saturated heterocycles. The lowest BCUT2D eigenvalue weighted by molar-refractivity contribution is -0.130. The zero-order valence-corrected chi connectivity index (χ0v) is 11.4. The van der Waals surface area contributed by atoms with Crippen LogP contribution in [0.2, 0.25) is 0 Å². The molecule has 104 valence electrons. The quantitative estimate of drug-likeness (QED) is 0.838. The van der Waals surface area contributed by atoms with Crippen LogP contribution in [0, 0.1) is 0 Å². The molecule has 0 radical (unpaired) electrons. The molecular formula is C15H16N2O3. The Balaban J connectivity index is 1.91. The number of ether oxygens (including phenoxy) is 2. The van der Waals surface area contributed by atoms with E-state index in [0.29, 0.717) is 17.4 Å². The minimum absolute atomic E-state index is 0.0213. The van der Waals surface area contributed by atoms with Gasteiger partial charge in [-0.1, -0.05) is 6.07 Å². The number of carbonyl (C=O) groups excluding carboxylic acids is 1. The molecule has 1 amide bonds. The number of amides is 1. The molecule has 0 unspecified atom stereocenters. The number of aromatic nitrogens is 1. The van der Waals surface area contributed by atoms with Crippen molar-refractivity contribution in [2.24, 2.45) is 0 Å². The van der Waals surface area contributed by atoms with Crippen LogP contribution in [-0.4, -0.2) is 36.5 Å². The van der Waals surface area contributed by atoms with Gasteiger partial charge in [-0.2, -0.15) is 0 Å². The Bertz CT molecular complexity index is 553. The van der Waals surface area contributed by atoms with Crippen molar-refractivity contribution >= 4 is 5.91 Å². The van der Waals surface area contributed by atoms with Gasteiger partial charge in [0.2, 0.25) is 5.88 Å². The van der Waals surface area contributed by atoms with E-state index in [2.05, 4.69) is 4.98 Å². The summed E-state index contributed by atoms with van der Waals surface area (Å²) in [5, 5.41) is 0. The third-order valence-corrected chi connectivity index (χ3v) is 2.55. The third kappa shape index (κ3) is 3.98.